The van der Waals surface area contributed by atoms with Crippen molar-refractivity contribution in [2.24, 2.45) is 12.8 Å². The lowest BCUT2D eigenvalue weighted by molar-refractivity contribution is 0.274. The molecule has 20 heavy (non-hydrogen) atoms. The molecule has 5 nitrogen and oxygen atoms in total. The molecule has 0 spiro atoms. The van der Waals surface area contributed by atoms with E-state index in [0.29, 0.717) is 19.8 Å². The van der Waals surface area contributed by atoms with Crippen molar-refractivity contribution < 1.29 is 9.47 Å². The first-order valence-corrected chi connectivity index (χ1v) is 6.80. The van der Waals surface area contributed by atoms with Crippen LogP contribution in [0.4, 0.5) is 0 Å². The van der Waals surface area contributed by atoms with E-state index in [1.807, 2.05) is 42.9 Å². The Hall–Kier alpha value is -2.01. The quantitative estimate of drug-likeness (QED) is 0.838. The number of hydrogen-bond donors (Lipinski definition) is 1. The SMILES string of the molecule is CCOc1cccc(CN)c1OCCc1nccn1C. The molecule has 0 aliphatic heterocycles. The average Bonchev–Trinajstić information content (AvgIpc) is 2.86. The van der Waals surface area contributed by atoms with Crippen molar-refractivity contribution in [3.8, 4) is 11.5 Å². The van der Waals surface area contributed by atoms with Crippen molar-refractivity contribution in [2.45, 2.75) is 19.9 Å². The highest BCUT2D eigenvalue weighted by atomic mass is 16.5. The molecule has 108 valence electrons. The third-order valence-corrected chi connectivity index (χ3v) is 3.07. The van der Waals surface area contributed by atoms with Gasteiger partial charge in [0.1, 0.15) is 5.82 Å². The van der Waals surface area contributed by atoms with Gasteiger partial charge in [0, 0.05) is 38.0 Å². The van der Waals surface area contributed by atoms with Gasteiger partial charge in [0.2, 0.25) is 0 Å². The molecule has 0 unspecified atom stereocenters. The molecule has 2 N–H and O–H groups in total. The summed E-state index contributed by atoms with van der Waals surface area (Å²) in [5, 5.41) is 0. The summed E-state index contributed by atoms with van der Waals surface area (Å²) >= 11 is 0. The highest BCUT2D eigenvalue weighted by Crippen LogP contribution is 2.31. The molecular weight excluding hydrogens is 254 g/mol. The van der Waals surface area contributed by atoms with E-state index in [9.17, 15) is 0 Å². The van der Waals surface area contributed by atoms with Crippen LogP contribution in [0.1, 0.15) is 18.3 Å². The van der Waals surface area contributed by atoms with Gasteiger partial charge in [-0.05, 0) is 13.0 Å². The summed E-state index contributed by atoms with van der Waals surface area (Å²) < 4.78 is 13.5. The zero-order chi connectivity index (χ0) is 14.4. The maximum absolute atomic E-state index is 5.88. The summed E-state index contributed by atoms with van der Waals surface area (Å²) in [4.78, 5) is 4.28. The Kier molecular flexibility index (Phi) is 5.01. The average molecular weight is 275 g/mol. The predicted octanol–water partition coefficient (Wildman–Crippen LogP) is 1.90. The van der Waals surface area contributed by atoms with Gasteiger partial charge in [-0.25, -0.2) is 4.98 Å². The Morgan fingerprint density at radius 3 is 2.80 bits per heavy atom. The number of hydrogen-bond acceptors (Lipinski definition) is 4. The van der Waals surface area contributed by atoms with Crippen LogP contribution in [-0.4, -0.2) is 22.8 Å². The molecule has 1 aromatic heterocycles. The number of ether oxygens (including phenoxy) is 2. The van der Waals surface area contributed by atoms with E-state index in [0.717, 1.165) is 29.3 Å². The largest absolute Gasteiger partial charge is 0.490 e. The summed E-state index contributed by atoms with van der Waals surface area (Å²) in [5.74, 6) is 2.48. The van der Waals surface area contributed by atoms with Crippen LogP contribution in [-0.2, 0) is 20.0 Å². The molecule has 1 aromatic carbocycles. The molecule has 2 aromatic rings. The zero-order valence-corrected chi connectivity index (χ0v) is 12.0. The molecule has 0 saturated heterocycles. The summed E-state index contributed by atoms with van der Waals surface area (Å²) in [7, 11) is 1.97. The lowest BCUT2D eigenvalue weighted by Gasteiger charge is -2.15. The summed E-state index contributed by atoms with van der Waals surface area (Å²) in [6.07, 6.45) is 4.46. The maximum atomic E-state index is 5.88. The summed E-state index contributed by atoms with van der Waals surface area (Å²) in [6.45, 7) is 3.52. The number of aromatic nitrogens is 2. The van der Waals surface area contributed by atoms with E-state index in [-0.39, 0.29) is 0 Å². The van der Waals surface area contributed by atoms with Crippen LogP contribution < -0.4 is 15.2 Å². The molecule has 0 aliphatic rings. The van der Waals surface area contributed by atoms with Crippen molar-refractivity contribution in [3.63, 3.8) is 0 Å². The third-order valence-electron chi connectivity index (χ3n) is 3.07. The van der Waals surface area contributed by atoms with Crippen molar-refractivity contribution in [1.82, 2.24) is 9.55 Å². The van der Waals surface area contributed by atoms with Crippen LogP contribution in [0, 0.1) is 0 Å². The first-order chi connectivity index (χ1) is 9.76. The number of benzene rings is 1. The number of imidazole rings is 1. The lowest BCUT2D eigenvalue weighted by Crippen LogP contribution is -2.10. The van der Waals surface area contributed by atoms with Gasteiger partial charge in [-0.15, -0.1) is 0 Å². The number of nitrogens with zero attached hydrogens (tertiary/aromatic N) is 2. The summed E-state index contributed by atoms with van der Waals surface area (Å²) in [6, 6.07) is 5.79. The first kappa shape index (κ1) is 14.4. The van der Waals surface area contributed by atoms with Gasteiger partial charge in [-0.1, -0.05) is 12.1 Å². The summed E-state index contributed by atoms with van der Waals surface area (Å²) in [5.41, 5.74) is 6.71. The Morgan fingerprint density at radius 2 is 2.15 bits per heavy atom. The van der Waals surface area contributed by atoms with Crippen LogP contribution >= 0.6 is 0 Å². The minimum atomic E-state index is 0.429. The predicted molar refractivity (Wildman–Crippen MR) is 77.9 cm³/mol. The molecule has 1 heterocycles. The number of rotatable bonds is 7. The number of aryl methyl sites for hydroxylation is 1. The van der Waals surface area contributed by atoms with Crippen LogP contribution in [0.15, 0.2) is 30.6 Å². The maximum Gasteiger partial charge on any atom is 0.165 e. The van der Waals surface area contributed by atoms with Crippen molar-refractivity contribution in [2.75, 3.05) is 13.2 Å². The third kappa shape index (κ3) is 3.30. The fourth-order valence-corrected chi connectivity index (χ4v) is 2.04. The van der Waals surface area contributed by atoms with Gasteiger partial charge in [0.25, 0.3) is 0 Å². The van der Waals surface area contributed by atoms with Crippen LogP contribution in [0.5, 0.6) is 11.5 Å². The van der Waals surface area contributed by atoms with E-state index >= 15 is 0 Å². The van der Waals surface area contributed by atoms with Gasteiger partial charge >= 0.3 is 0 Å². The van der Waals surface area contributed by atoms with E-state index in [4.69, 9.17) is 15.2 Å². The van der Waals surface area contributed by atoms with Crippen LogP contribution in [0.3, 0.4) is 0 Å². The second-order valence-electron chi connectivity index (χ2n) is 4.43. The van der Waals surface area contributed by atoms with Crippen LogP contribution in [0.25, 0.3) is 0 Å². The van der Waals surface area contributed by atoms with Crippen molar-refractivity contribution in [1.29, 1.82) is 0 Å². The second-order valence-corrected chi connectivity index (χ2v) is 4.43. The number of para-hydroxylation sites is 1. The minimum absolute atomic E-state index is 0.429. The zero-order valence-electron chi connectivity index (χ0n) is 12.0. The molecule has 0 radical (unpaired) electrons. The lowest BCUT2D eigenvalue weighted by atomic mass is 10.2. The molecule has 0 aliphatic carbocycles. The molecule has 0 saturated carbocycles. The molecule has 2 rings (SSSR count). The molecule has 0 amide bonds. The monoisotopic (exact) mass is 275 g/mol. The highest BCUT2D eigenvalue weighted by molar-refractivity contribution is 5.46. The van der Waals surface area contributed by atoms with E-state index in [1.165, 1.54) is 0 Å². The Bertz CT molecular complexity index is 552. The smallest absolute Gasteiger partial charge is 0.165 e. The molecular formula is C15H21N3O2. The molecule has 0 atom stereocenters. The molecule has 0 fully saturated rings. The van der Waals surface area contributed by atoms with E-state index in [2.05, 4.69) is 4.98 Å². The van der Waals surface area contributed by atoms with Gasteiger partial charge < -0.3 is 19.8 Å². The van der Waals surface area contributed by atoms with Crippen molar-refractivity contribution in [3.05, 3.63) is 42.0 Å². The standard InChI is InChI=1S/C15H21N3O2/c1-3-19-13-6-4-5-12(11-16)15(13)20-10-7-14-17-8-9-18(14)2/h4-6,8-9H,3,7,10-11,16H2,1-2H3. The van der Waals surface area contributed by atoms with Gasteiger partial charge in [0.05, 0.1) is 13.2 Å². The van der Waals surface area contributed by atoms with Crippen molar-refractivity contribution >= 4 is 0 Å². The normalized spacial score (nSPS) is 10.6. The van der Waals surface area contributed by atoms with Gasteiger partial charge in [0.15, 0.2) is 11.5 Å². The topological polar surface area (TPSA) is 62.3 Å². The Morgan fingerprint density at radius 1 is 1.30 bits per heavy atom. The molecule has 0 bridgehead atoms. The van der Waals surface area contributed by atoms with Gasteiger partial charge in [-0.3, -0.25) is 0 Å². The minimum Gasteiger partial charge on any atom is -0.490 e. The Labute approximate surface area is 119 Å². The number of nitrogens with two attached hydrogens (primary N) is 1. The van der Waals surface area contributed by atoms with Gasteiger partial charge in [-0.2, -0.15) is 0 Å². The fourth-order valence-electron chi connectivity index (χ4n) is 2.04. The molecule has 5 heteroatoms. The highest BCUT2D eigenvalue weighted by Gasteiger charge is 2.10. The first-order valence-electron chi connectivity index (χ1n) is 6.80. The van der Waals surface area contributed by atoms with E-state index < -0.39 is 0 Å². The Balaban J connectivity index is 2.05. The second kappa shape index (κ2) is 6.96. The van der Waals surface area contributed by atoms with E-state index in [1.54, 1.807) is 6.20 Å². The fraction of sp³-hybridized carbons (Fsp3) is 0.400. The van der Waals surface area contributed by atoms with Crippen LogP contribution in [0.2, 0.25) is 0 Å².